The zero-order valence-corrected chi connectivity index (χ0v) is 17.4. The second-order valence-corrected chi connectivity index (χ2v) is 7.83. The average Bonchev–Trinajstić information content (AvgIpc) is 3.06. The number of anilines is 1. The number of carbonyl (C=O) groups excluding carboxylic acids is 1. The monoisotopic (exact) mass is 392 g/mol. The van der Waals surface area contributed by atoms with E-state index in [-0.39, 0.29) is 11.8 Å². The fourth-order valence-electron chi connectivity index (χ4n) is 4.01. The Morgan fingerprint density at radius 2 is 1.97 bits per heavy atom. The number of aromatic nitrogens is 2. The first-order valence-electron chi connectivity index (χ1n) is 10.4. The van der Waals surface area contributed by atoms with E-state index >= 15 is 0 Å². The van der Waals surface area contributed by atoms with Gasteiger partial charge in [0.2, 0.25) is 11.6 Å². The lowest BCUT2D eigenvalue weighted by molar-refractivity contribution is -0.125. The summed E-state index contributed by atoms with van der Waals surface area (Å²) in [6.45, 7) is 8.24. The topological polar surface area (TPSA) is 71.3 Å². The molecule has 29 heavy (non-hydrogen) atoms. The van der Waals surface area contributed by atoms with E-state index in [9.17, 15) is 4.79 Å². The lowest BCUT2D eigenvalue weighted by atomic mass is 9.96. The highest BCUT2D eigenvalue weighted by molar-refractivity contribution is 5.90. The van der Waals surface area contributed by atoms with Gasteiger partial charge in [-0.3, -0.25) is 4.79 Å². The molecule has 1 saturated heterocycles. The highest BCUT2D eigenvalue weighted by Crippen LogP contribution is 2.32. The minimum absolute atomic E-state index is 0.0445. The Balaban J connectivity index is 1.45. The zero-order chi connectivity index (χ0) is 20.4. The molecule has 4 rings (SSSR count). The molecule has 0 spiro atoms. The third-order valence-electron chi connectivity index (χ3n) is 5.94. The number of hydrogen-bond donors (Lipinski definition) is 1. The molecule has 2 aromatic heterocycles. The summed E-state index contributed by atoms with van der Waals surface area (Å²) in [7, 11) is 0. The standard InChI is InChI=1S/C23H28N4O2/c1-4-17-7-9-18(10-8-17)12-24-22(28)19-6-5-11-27(13-19)21-20-15(2)16(3)29-23(20)26-14-25-21/h7-10,14,19H,4-6,11-13H2,1-3H3,(H,24,28). The van der Waals surface area contributed by atoms with Crippen LogP contribution in [0.15, 0.2) is 35.0 Å². The molecule has 1 N–H and O–H groups in total. The molecule has 0 bridgehead atoms. The summed E-state index contributed by atoms with van der Waals surface area (Å²) < 4.78 is 5.75. The van der Waals surface area contributed by atoms with E-state index in [4.69, 9.17) is 4.42 Å². The van der Waals surface area contributed by atoms with E-state index in [1.807, 2.05) is 13.8 Å². The number of aryl methyl sites for hydroxylation is 3. The number of piperidine rings is 1. The van der Waals surface area contributed by atoms with E-state index in [1.165, 1.54) is 5.56 Å². The number of nitrogens with zero attached hydrogens (tertiary/aromatic N) is 3. The number of nitrogens with one attached hydrogen (secondary N) is 1. The molecular formula is C23H28N4O2. The Bertz CT molecular complexity index is 1010. The van der Waals surface area contributed by atoms with Gasteiger partial charge in [-0.2, -0.15) is 0 Å². The van der Waals surface area contributed by atoms with Crippen molar-refractivity contribution in [1.82, 2.24) is 15.3 Å². The van der Waals surface area contributed by atoms with Gasteiger partial charge in [0.25, 0.3) is 0 Å². The van der Waals surface area contributed by atoms with Crippen LogP contribution in [0.5, 0.6) is 0 Å². The normalized spacial score (nSPS) is 16.9. The van der Waals surface area contributed by atoms with Crippen LogP contribution in [0.4, 0.5) is 5.82 Å². The van der Waals surface area contributed by atoms with E-state index in [0.29, 0.717) is 18.8 Å². The Kier molecular flexibility index (Phi) is 5.51. The molecule has 1 aromatic carbocycles. The largest absolute Gasteiger partial charge is 0.443 e. The number of benzene rings is 1. The minimum Gasteiger partial charge on any atom is -0.443 e. The van der Waals surface area contributed by atoms with Gasteiger partial charge in [0.1, 0.15) is 17.9 Å². The zero-order valence-electron chi connectivity index (χ0n) is 17.4. The number of hydrogen-bond acceptors (Lipinski definition) is 5. The summed E-state index contributed by atoms with van der Waals surface area (Å²) in [5, 5.41) is 4.07. The molecule has 6 nitrogen and oxygen atoms in total. The maximum atomic E-state index is 12.8. The van der Waals surface area contributed by atoms with Crippen molar-refractivity contribution in [3.05, 3.63) is 53.0 Å². The van der Waals surface area contributed by atoms with Gasteiger partial charge in [-0.25, -0.2) is 9.97 Å². The van der Waals surface area contributed by atoms with Crippen LogP contribution in [-0.4, -0.2) is 29.0 Å². The predicted molar refractivity (Wildman–Crippen MR) is 114 cm³/mol. The van der Waals surface area contributed by atoms with Crippen molar-refractivity contribution in [1.29, 1.82) is 0 Å². The molecule has 3 aromatic rings. The van der Waals surface area contributed by atoms with Crippen molar-refractivity contribution in [2.45, 2.75) is 46.6 Å². The Morgan fingerprint density at radius 1 is 1.21 bits per heavy atom. The van der Waals surface area contributed by atoms with E-state index in [0.717, 1.165) is 53.9 Å². The number of amides is 1. The van der Waals surface area contributed by atoms with Crippen LogP contribution in [0.25, 0.3) is 11.1 Å². The molecule has 152 valence electrons. The molecule has 0 saturated carbocycles. The van der Waals surface area contributed by atoms with Crippen molar-refractivity contribution < 1.29 is 9.21 Å². The van der Waals surface area contributed by atoms with Gasteiger partial charge in [0, 0.05) is 25.2 Å². The van der Waals surface area contributed by atoms with Crippen LogP contribution in [0.3, 0.4) is 0 Å². The van der Waals surface area contributed by atoms with Crippen molar-refractivity contribution in [3.63, 3.8) is 0 Å². The van der Waals surface area contributed by atoms with Gasteiger partial charge in [0.15, 0.2) is 0 Å². The Morgan fingerprint density at radius 3 is 2.72 bits per heavy atom. The lowest BCUT2D eigenvalue weighted by Gasteiger charge is -2.33. The molecule has 1 atom stereocenters. The van der Waals surface area contributed by atoms with Crippen LogP contribution in [-0.2, 0) is 17.8 Å². The second-order valence-electron chi connectivity index (χ2n) is 7.83. The van der Waals surface area contributed by atoms with Gasteiger partial charge in [0.05, 0.1) is 11.3 Å². The molecular weight excluding hydrogens is 364 g/mol. The number of furan rings is 1. The summed E-state index contributed by atoms with van der Waals surface area (Å²) >= 11 is 0. The molecule has 1 fully saturated rings. The van der Waals surface area contributed by atoms with Crippen molar-refractivity contribution in [3.8, 4) is 0 Å². The maximum absolute atomic E-state index is 12.8. The fraction of sp³-hybridized carbons (Fsp3) is 0.435. The molecule has 6 heteroatoms. The van der Waals surface area contributed by atoms with E-state index in [1.54, 1.807) is 6.33 Å². The third-order valence-corrected chi connectivity index (χ3v) is 5.94. The molecule has 1 unspecified atom stereocenters. The van der Waals surface area contributed by atoms with Gasteiger partial charge >= 0.3 is 0 Å². The summed E-state index contributed by atoms with van der Waals surface area (Å²) in [6, 6.07) is 8.43. The minimum atomic E-state index is -0.0445. The van der Waals surface area contributed by atoms with Gasteiger partial charge in [-0.05, 0) is 44.2 Å². The van der Waals surface area contributed by atoms with Crippen molar-refractivity contribution in [2.75, 3.05) is 18.0 Å². The number of fused-ring (bicyclic) bond motifs is 1. The van der Waals surface area contributed by atoms with Crippen LogP contribution < -0.4 is 10.2 Å². The summed E-state index contributed by atoms with van der Waals surface area (Å²) in [6.07, 6.45) is 4.43. The molecule has 3 heterocycles. The van der Waals surface area contributed by atoms with Gasteiger partial charge < -0.3 is 14.6 Å². The number of carbonyl (C=O) groups is 1. The number of rotatable bonds is 5. The van der Waals surface area contributed by atoms with Gasteiger partial charge in [-0.15, -0.1) is 0 Å². The van der Waals surface area contributed by atoms with Crippen LogP contribution in [0.2, 0.25) is 0 Å². The van der Waals surface area contributed by atoms with Gasteiger partial charge in [-0.1, -0.05) is 31.2 Å². The highest BCUT2D eigenvalue weighted by atomic mass is 16.3. The second kappa shape index (κ2) is 8.23. The molecule has 0 radical (unpaired) electrons. The SMILES string of the molecule is CCc1ccc(CNC(=O)C2CCCN(c3ncnc4oc(C)c(C)c34)C2)cc1. The molecule has 1 aliphatic rings. The van der Waals surface area contributed by atoms with Crippen molar-refractivity contribution in [2.24, 2.45) is 5.92 Å². The first-order chi connectivity index (χ1) is 14.1. The molecule has 1 aliphatic heterocycles. The third kappa shape index (κ3) is 3.97. The first-order valence-corrected chi connectivity index (χ1v) is 10.4. The lowest BCUT2D eigenvalue weighted by Crippen LogP contribution is -2.43. The fourth-order valence-corrected chi connectivity index (χ4v) is 4.01. The predicted octanol–water partition coefficient (Wildman–Crippen LogP) is 3.93. The van der Waals surface area contributed by atoms with Crippen molar-refractivity contribution >= 4 is 22.8 Å². The smallest absolute Gasteiger partial charge is 0.231 e. The highest BCUT2D eigenvalue weighted by Gasteiger charge is 2.28. The molecule has 0 aliphatic carbocycles. The van der Waals surface area contributed by atoms with Crippen LogP contribution in [0, 0.1) is 19.8 Å². The molecule has 1 amide bonds. The van der Waals surface area contributed by atoms with E-state index < -0.39 is 0 Å². The maximum Gasteiger partial charge on any atom is 0.231 e. The summed E-state index contributed by atoms with van der Waals surface area (Å²) in [5.41, 5.74) is 4.12. The summed E-state index contributed by atoms with van der Waals surface area (Å²) in [4.78, 5) is 23.8. The van der Waals surface area contributed by atoms with E-state index in [2.05, 4.69) is 51.4 Å². The average molecular weight is 393 g/mol. The Labute approximate surface area is 171 Å². The van der Waals surface area contributed by atoms with Crippen LogP contribution >= 0.6 is 0 Å². The quantitative estimate of drug-likeness (QED) is 0.712. The first kappa shape index (κ1) is 19.4. The summed E-state index contributed by atoms with van der Waals surface area (Å²) in [5.74, 6) is 1.80. The van der Waals surface area contributed by atoms with Crippen LogP contribution in [0.1, 0.15) is 42.2 Å². The Hall–Kier alpha value is -2.89.